The molecule has 164 valence electrons. The van der Waals surface area contributed by atoms with Gasteiger partial charge in [0.25, 0.3) is 11.1 Å². The Morgan fingerprint density at radius 3 is 2.66 bits per heavy atom. The fourth-order valence-electron chi connectivity index (χ4n) is 3.00. The summed E-state index contributed by atoms with van der Waals surface area (Å²) in [5.74, 6) is 0.749. The van der Waals surface area contributed by atoms with Gasteiger partial charge in [0.1, 0.15) is 6.61 Å². The van der Waals surface area contributed by atoms with Crippen molar-refractivity contribution in [3.63, 3.8) is 0 Å². The maximum atomic E-state index is 11.7. The van der Waals surface area contributed by atoms with Gasteiger partial charge in [0, 0.05) is 10.9 Å². The molecule has 2 N–H and O–H groups in total. The van der Waals surface area contributed by atoms with Gasteiger partial charge in [-0.3, -0.25) is 14.9 Å². The highest BCUT2D eigenvalue weighted by molar-refractivity contribution is 8.18. The second-order valence-electron chi connectivity index (χ2n) is 6.94. The number of methoxy groups -OCH3 is 1. The van der Waals surface area contributed by atoms with Crippen LogP contribution in [0.1, 0.15) is 11.1 Å². The molecule has 2 aromatic carbocycles. The molecule has 2 amide bonds. The number of aromatic nitrogens is 1. The highest BCUT2D eigenvalue weighted by atomic mass is 32.2. The summed E-state index contributed by atoms with van der Waals surface area (Å²) in [5, 5.41) is 8.01. The highest BCUT2D eigenvalue weighted by Gasteiger charge is 2.25. The number of amides is 2. The fourth-order valence-corrected chi connectivity index (χ4v) is 4.43. The minimum Gasteiger partial charge on any atom is -0.493 e. The number of hydrogen-bond acceptors (Lipinski definition) is 8. The van der Waals surface area contributed by atoms with E-state index in [0.717, 1.165) is 33.7 Å². The van der Waals surface area contributed by atoms with Crippen LogP contribution in [-0.2, 0) is 4.79 Å². The van der Waals surface area contributed by atoms with Gasteiger partial charge >= 0.3 is 0 Å². The van der Waals surface area contributed by atoms with Crippen molar-refractivity contribution in [2.24, 2.45) is 0 Å². The molecule has 0 unspecified atom stereocenters. The zero-order chi connectivity index (χ0) is 22.5. The number of nitrogens with one attached hydrogen (secondary N) is 2. The zero-order valence-corrected chi connectivity index (χ0v) is 19.1. The summed E-state index contributed by atoms with van der Waals surface area (Å²) in [6, 6.07) is 13.6. The molecule has 1 aromatic heterocycles. The number of imide groups is 1. The Bertz CT molecular complexity index is 1170. The van der Waals surface area contributed by atoms with Crippen molar-refractivity contribution in [3.8, 4) is 22.8 Å². The summed E-state index contributed by atoms with van der Waals surface area (Å²) in [4.78, 5) is 28.0. The number of nitrogens with zero attached hydrogens (tertiary/aromatic N) is 1. The summed E-state index contributed by atoms with van der Waals surface area (Å²) in [6.45, 7) is 3.06. The van der Waals surface area contributed by atoms with E-state index in [0.29, 0.717) is 29.6 Å². The maximum Gasteiger partial charge on any atom is 0.290 e. The number of thiazole rings is 1. The van der Waals surface area contributed by atoms with Crippen LogP contribution in [0.25, 0.3) is 17.3 Å². The standard InChI is InChI=1S/C23H21N3O4S2/c1-14-3-6-16(7-4-14)17-13-31-22(25-17)24-9-10-30-18-8-5-15(11-19(18)29-2)12-20-21(27)26-23(28)32-20/h3-8,11-13H,9-10H2,1-2H3,(H,24,25)(H,26,27,28)/b20-12+. The normalized spacial score (nSPS) is 14.5. The molecule has 9 heteroatoms. The molecular formula is C23H21N3O4S2. The third-order valence-electron chi connectivity index (χ3n) is 4.61. The Morgan fingerprint density at radius 2 is 1.94 bits per heavy atom. The van der Waals surface area contributed by atoms with Crippen LogP contribution in [-0.4, -0.2) is 36.4 Å². The lowest BCUT2D eigenvalue weighted by Crippen LogP contribution is -2.17. The van der Waals surface area contributed by atoms with E-state index in [1.807, 2.05) is 11.4 Å². The Balaban J connectivity index is 1.32. The van der Waals surface area contributed by atoms with Crippen LogP contribution in [0.3, 0.4) is 0 Å². The Kier molecular flexibility index (Phi) is 6.77. The number of ether oxygens (including phenoxy) is 2. The fraction of sp³-hybridized carbons (Fsp3) is 0.174. The van der Waals surface area contributed by atoms with Gasteiger partial charge in [0.05, 0.1) is 24.3 Å². The lowest BCUT2D eigenvalue weighted by atomic mass is 10.1. The first kappa shape index (κ1) is 21.9. The van der Waals surface area contributed by atoms with Gasteiger partial charge in [0.15, 0.2) is 16.6 Å². The molecule has 1 aliphatic rings. The van der Waals surface area contributed by atoms with Gasteiger partial charge < -0.3 is 14.8 Å². The van der Waals surface area contributed by atoms with Crippen LogP contribution in [0.5, 0.6) is 11.5 Å². The van der Waals surface area contributed by atoms with E-state index in [9.17, 15) is 9.59 Å². The van der Waals surface area contributed by atoms with Crippen LogP contribution in [0.4, 0.5) is 9.93 Å². The second-order valence-corrected chi connectivity index (χ2v) is 8.81. The first-order valence-electron chi connectivity index (χ1n) is 9.84. The molecule has 1 aliphatic heterocycles. The van der Waals surface area contributed by atoms with Crippen molar-refractivity contribution in [1.29, 1.82) is 0 Å². The molecule has 0 bridgehead atoms. The number of aryl methyl sites for hydroxylation is 1. The van der Waals surface area contributed by atoms with Crippen molar-refractivity contribution in [2.45, 2.75) is 6.92 Å². The van der Waals surface area contributed by atoms with Crippen LogP contribution in [0.15, 0.2) is 52.7 Å². The number of thioether (sulfide) groups is 1. The van der Waals surface area contributed by atoms with Crippen molar-refractivity contribution in [1.82, 2.24) is 10.3 Å². The van der Waals surface area contributed by atoms with E-state index in [2.05, 4.69) is 46.8 Å². The van der Waals surface area contributed by atoms with Crippen molar-refractivity contribution < 1.29 is 19.1 Å². The summed E-state index contributed by atoms with van der Waals surface area (Å²) in [5.41, 5.74) is 4.00. The molecule has 2 heterocycles. The van der Waals surface area contributed by atoms with Crippen molar-refractivity contribution >= 4 is 45.5 Å². The minimum absolute atomic E-state index is 0.350. The van der Waals surface area contributed by atoms with Crippen LogP contribution >= 0.6 is 23.1 Å². The number of carbonyl (C=O) groups is 2. The zero-order valence-electron chi connectivity index (χ0n) is 17.5. The topological polar surface area (TPSA) is 89.5 Å². The Labute approximate surface area is 193 Å². The number of anilines is 1. The van der Waals surface area contributed by atoms with Crippen LogP contribution in [0.2, 0.25) is 0 Å². The van der Waals surface area contributed by atoms with Gasteiger partial charge in [0.2, 0.25) is 0 Å². The molecule has 32 heavy (non-hydrogen) atoms. The summed E-state index contributed by atoms with van der Waals surface area (Å²) in [6.07, 6.45) is 1.65. The van der Waals surface area contributed by atoms with Crippen LogP contribution < -0.4 is 20.1 Å². The van der Waals surface area contributed by atoms with Crippen molar-refractivity contribution in [3.05, 3.63) is 63.9 Å². The number of benzene rings is 2. The van der Waals surface area contributed by atoms with E-state index in [-0.39, 0.29) is 5.24 Å². The number of carbonyl (C=O) groups excluding carboxylic acids is 2. The minimum atomic E-state index is -0.391. The summed E-state index contributed by atoms with van der Waals surface area (Å²) >= 11 is 2.43. The van der Waals surface area contributed by atoms with E-state index < -0.39 is 5.91 Å². The second kappa shape index (κ2) is 9.88. The molecule has 0 radical (unpaired) electrons. The average Bonchev–Trinajstić information content (AvgIpc) is 3.38. The quantitative estimate of drug-likeness (QED) is 0.358. The third-order valence-corrected chi connectivity index (χ3v) is 6.23. The van der Waals surface area contributed by atoms with E-state index >= 15 is 0 Å². The molecular weight excluding hydrogens is 446 g/mol. The first-order valence-corrected chi connectivity index (χ1v) is 11.5. The van der Waals surface area contributed by atoms with Gasteiger partial charge in [-0.2, -0.15) is 0 Å². The van der Waals surface area contributed by atoms with Gasteiger partial charge in [-0.15, -0.1) is 11.3 Å². The summed E-state index contributed by atoms with van der Waals surface area (Å²) < 4.78 is 11.3. The smallest absolute Gasteiger partial charge is 0.290 e. The largest absolute Gasteiger partial charge is 0.493 e. The number of hydrogen-bond donors (Lipinski definition) is 2. The van der Waals surface area contributed by atoms with E-state index in [4.69, 9.17) is 9.47 Å². The lowest BCUT2D eigenvalue weighted by Gasteiger charge is -2.11. The van der Waals surface area contributed by atoms with Gasteiger partial charge in [-0.1, -0.05) is 35.9 Å². The third kappa shape index (κ3) is 5.30. The monoisotopic (exact) mass is 467 g/mol. The van der Waals surface area contributed by atoms with E-state index in [1.54, 1.807) is 36.7 Å². The molecule has 3 aromatic rings. The molecule has 0 aliphatic carbocycles. The maximum absolute atomic E-state index is 11.7. The van der Waals surface area contributed by atoms with Gasteiger partial charge in [-0.25, -0.2) is 4.98 Å². The SMILES string of the molecule is COc1cc(/C=C2/SC(=O)NC2=O)ccc1OCCNc1nc(-c2ccc(C)cc2)cs1. The molecule has 1 fully saturated rings. The molecule has 4 rings (SSSR count). The molecule has 0 atom stereocenters. The van der Waals surface area contributed by atoms with Gasteiger partial charge in [-0.05, 0) is 42.5 Å². The lowest BCUT2D eigenvalue weighted by molar-refractivity contribution is -0.115. The molecule has 0 spiro atoms. The van der Waals surface area contributed by atoms with E-state index in [1.165, 1.54) is 5.56 Å². The number of rotatable bonds is 8. The first-order chi connectivity index (χ1) is 15.5. The predicted octanol–water partition coefficient (Wildman–Crippen LogP) is 4.94. The molecule has 7 nitrogen and oxygen atoms in total. The van der Waals surface area contributed by atoms with Crippen LogP contribution in [0, 0.1) is 6.92 Å². The van der Waals surface area contributed by atoms with Crippen molar-refractivity contribution in [2.75, 3.05) is 25.6 Å². The Morgan fingerprint density at radius 1 is 1.12 bits per heavy atom. The average molecular weight is 468 g/mol. The molecule has 1 saturated heterocycles. The predicted molar refractivity (Wildman–Crippen MR) is 128 cm³/mol. The summed E-state index contributed by atoms with van der Waals surface area (Å²) in [7, 11) is 1.56. The Hall–Kier alpha value is -3.30. The highest BCUT2D eigenvalue weighted by Crippen LogP contribution is 2.31. The molecule has 0 saturated carbocycles.